The Labute approximate surface area is 139 Å². The van der Waals surface area contributed by atoms with Crippen LogP contribution in [0.15, 0.2) is 0 Å². The minimum atomic E-state index is -4.80. The Morgan fingerprint density at radius 2 is 2.12 bits per heavy atom. The number of urea groups is 1. The van der Waals surface area contributed by atoms with Gasteiger partial charge in [0.25, 0.3) is 5.91 Å². The molecule has 3 heterocycles. The number of hydrogen-bond donors (Lipinski definition) is 3. The lowest BCUT2D eigenvalue weighted by Gasteiger charge is -2.30. The van der Waals surface area contributed by atoms with Gasteiger partial charge in [-0.1, -0.05) is 0 Å². The maximum absolute atomic E-state index is 12.3. The fourth-order valence-electron chi connectivity index (χ4n) is 3.23. The Hall–Kier alpha value is -1.47. The van der Waals surface area contributed by atoms with Crippen molar-refractivity contribution in [2.45, 2.75) is 43.9 Å². The third-order valence-electron chi connectivity index (χ3n) is 4.38. The maximum Gasteiger partial charge on any atom is 0.418 e. The van der Waals surface area contributed by atoms with E-state index in [9.17, 15) is 18.0 Å². The van der Waals surface area contributed by atoms with E-state index < -0.39 is 34.4 Å². The van der Waals surface area contributed by atoms with Crippen LogP contribution in [-0.4, -0.2) is 72.7 Å². The highest BCUT2D eigenvalue weighted by Gasteiger charge is 2.49. The van der Waals surface area contributed by atoms with Gasteiger partial charge >= 0.3 is 16.4 Å². The largest absolute Gasteiger partial charge is 0.418 e. The molecule has 2 bridgehead atoms. The standard InChI is InChI=1S/C12H20N4O7S/c17-11(14-22-9-2-1-5-13-6-9)10-4-3-8-7-15(10)12(18)16(8)23-24(19,20)21/h8-10,13H,1-7H2,(H,14,17)(H,19,20,21)/t8-,9-,10+/m1/s1. The van der Waals surface area contributed by atoms with E-state index in [-0.39, 0.29) is 12.6 Å². The second-order valence-corrected chi connectivity index (χ2v) is 7.07. The smallest absolute Gasteiger partial charge is 0.314 e. The van der Waals surface area contributed by atoms with Crippen molar-refractivity contribution in [1.29, 1.82) is 0 Å². The van der Waals surface area contributed by atoms with Crippen LogP contribution >= 0.6 is 0 Å². The number of piperidine rings is 2. The molecule has 24 heavy (non-hydrogen) atoms. The van der Waals surface area contributed by atoms with Gasteiger partial charge in [-0.15, -0.1) is 4.28 Å². The van der Waals surface area contributed by atoms with Gasteiger partial charge in [0.2, 0.25) is 0 Å². The van der Waals surface area contributed by atoms with Gasteiger partial charge in [0, 0.05) is 13.1 Å². The first kappa shape index (κ1) is 17.4. The van der Waals surface area contributed by atoms with Crippen molar-refractivity contribution in [3.63, 3.8) is 0 Å². The molecule has 3 atom stereocenters. The number of carbonyl (C=O) groups excluding carboxylic acids is 2. The first-order chi connectivity index (χ1) is 11.3. The third-order valence-corrected chi connectivity index (χ3v) is 4.73. The predicted octanol–water partition coefficient (Wildman–Crippen LogP) is -1.21. The summed E-state index contributed by atoms with van der Waals surface area (Å²) < 4.78 is 34.7. The SMILES string of the molecule is O=C(NO[C@@H]1CCCNC1)[C@@H]1CC[C@@H]2CN1C(=O)N2OS(=O)(=O)O. The fraction of sp³-hybridized carbons (Fsp3) is 0.833. The molecule has 3 N–H and O–H groups in total. The molecule has 0 saturated carbocycles. The van der Waals surface area contributed by atoms with Crippen LogP contribution < -0.4 is 10.8 Å². The number of rotatable bonds is 5. The highest BCUT2D eigenvalue weighted by atomic mass is 32.3. The average Bonchev–Trinajstić information content (AvgIpc) is 2.77. The molecule has 0 aromatic carbocycles. The summed E-state index contributed by atoms with van der Waals surface area (Å²) in [5, 5.41) is 3.76. The molecule has 12 heteroatoms. The summed E-state index contributed by atoms with van der Waals surface area (Å²) in [7, 11) is -4.80. The van der Waals surface area contributed by atoms with Crippen molar-refractivity contribution >= 4 is 22.3 Å². The van der Waals surface area contributed by atoms with Crippen LogP contribution in [0.5, 0.6) is 0 Å². The summed E-state index contributed by atoms with van der Waals surface area (Å²) in [6.45, 7) is 1.72. The zero-order valence-electron chi connectivity index (χ0n) is 12.9. The summed E-state index contributed by atoms with van der Waals surface area (Å²) in [4.78, 5) is 31.1. The van der Waals surface area contributed by atoms with Crippen LogP contribution in [0, 0.1) is 0 Å². The van der Waals surface area contributed by atoms with Crippen molar-refractivity contribution in [2.24, 2.45) is 0 Å². The van der Waals surface area contributed by atoms with Gasteiger partial charge in [-0.25, -0.2) is 10.3 Å². The fourth-order valence-corrected chi connectivity index (χ4v) is 3.62. The molecule has 3 saturated heterocycles. The molecule has 0 spiro atoms. The minimum absolute atomic E-state index is 0.118. The van der Waals surface area contributed by atoms with Gasteiger partial charge in [0.1, 0.15) is 6.04 Å². The molecule has 3 aliphatic heterocycles. The van der Waals surface area contributed by atoms with Crippen LogP contribution in [0.4, 0.5) is 4.79 Å². The van der Waals surface area contributed by atoms with Gasteiger partial charge in [-0.3, -0.25) is 14.2 Å². The van der Waals surface area contributed by atoms with Crippen LogP contribution in [0.25, 0.3) is 0 Å². The number of hydrogen-bond acceptors (Lipinski definition) is 7. The molecule has 3 aliphatic rings. The molecule has 0 aromatic heterocycles. The van der Waals surface area contributed by atoms with E-state index in [2.05, 4.69) is 15.1 Å². The number of nitrogens with zero attached hydrogens (tertiary/aromatic N) is 2. The normalized spacial score (nSPS) is 30.5. The predicted molar refractivity (Wildman–Crippen MR) is 78.5 cm³/mol. The highest BCUT2D eigenvalue weighted by molar-refractivity contribution is 7.80. The lowest BCUT2D eigenvalue weighted by atomic mass is 10.0. The Bertz CT molecular complexity index is 607. The Balaban J connectivity index is 1.58. The van der Waals surface area contributed by atoms with Gasteiger partial charge in [-0.05, 0) is 32.2 Å². The van der Waals surface area contributed by atoms with Crippen molar-refractivity contribution in [3.05, 3.63) is 0 Å². The Morgan fingerprint density at radius 3 is 2.79 bits per heavy atom. The Kier molecular flexibility index (Phi) is 4.92. The average molecular weight is 364 g/mol. The topological polar surface area (TPSA) is 138 Å². The van der Waals surface area contributed by atoms with Crippen molar-refractivity contribution < 1.29 is 31.7 Å². The molecule has 0 radical (unpaired) electrons. The van der Waals surface area contributed by atoms with Crippen LogP contribution in [-0.2, 0) is 24.3 Å². The summed E-state index contributed by atoms with van der Waals surface area (Å²) in [6, 6.07) is -2.05. The van der Waals surface area contributed by atoms with Crippen molar-refractivity contribution in [1.82, 2.24) is 20.8 Å². The molecule has 3 rings (SSSR count). The maximum atomic E-state index is 12.3. The van der Waals surface area contributed by atoms with Gasteiger partial charge < -0.3 is 10.2 Å². The summed E-state index contributed by atoms with van der Waals surface area (Å²) in [6.07, 6.45) is 2.39. The molecule has 0 unspecified atom stereocenters. The van der Waals surface area contributed by atoms with E-state index in [1.165, 1.54) is 4.90 Å². The van der Waals surface area contributed by atoms with E-state index in [0.717, 1.165) is 19.4 Å². The first-order valence-electron chi connectivity index (χ1n) is 7.78. The molecule has 3 fully saturated rings. The van der Waals surface area contributed by atoms with E-state index in [0.29, 0.717) is 24.4 Å². The molecule has 3 amide bonds. The summed E-state index contributed by atoms with van der Waals surface area (Å²) >= 11 is 0. The highest BCUT2D eigenvalue weighted by Crippen LogP contribution is 2.30. The van der Waals surface area contributed by atoms with E-state index in [1.54, 1.807) is 0 Å². The molecule has 11 nitrogen and oxygen atoms in total. The summed E-state index contributed by atoms with van der Waals surface area (Å²) in [5.41, 5.74) is 2.39. The van der Waals surface area contributed by atoms with Crippen molar-refractivity contribution in [2.75, 3.05) is 19.6 Å². The van der Waals surface area contributed by atoms with Crippen LogP contribution in [0.3, 0.4) is 0 Å². The molecular weight excluding hydrogens is 344 g/mol. The van der Waals surface area contributed by atoms with Gasteiger partial charge in [-0.2, -0.15) is 13.5 Å². The quantitative estimate of drug-likeness (QED) is 0.408. The van der Waals surface area contributed by atoms with E-state index in [1.807, 2.05) is 0 Å². The second kappa shape index (κ2) is 6.80. The molecule has 0 aliphatic carbocycles. The van der Waals surface area contributed by atoms with Crippen molar-refractivity contribution in [3.8, 4) is 0 Å². The second-order valence-electron chi connectivity index (χ2n) is 6.06. The van der Waals surface area contributed by atoms with Crippen LogP contribution in [0.2, 0.25) is 0 Å². The molecular formula is C12H20N4O7S. The minimum Gasteiger partial charge on any atom is -0.314 e. The number of nitrogens with one attached hydrogen (secondary N) is 2. The number of fused-ring (bicyclic) bond motifs is 2. The lowest BCUT2D eigenvalue weighted by molar-refractivity contribution is -0.144. The van der Waals surface area contributed by atoms with E-state index >= 15 is 0 Å². The zero-order valence-corrected chi connectivity index (χ0v) is 13.7. The van der Waals surface area contributed by atoms with E-state index in [4.69, 9.17) is 9.39 Å². The lowest BCUT2D eigenvalue weighted by Crippen LogP contribution is -2.51. The number of hydroxylamine groups is 3. The van der Waals surface area contributed by atoms with Crippen LogP contribution in [0.1, 0.15) is 25.7 Å². The Morgan fingerprint density at radius 1 is 1.33 bits per heavy atom. The third kappa shape index (κ3) is 3.78. The van der Waals surface area contributed by atoms with Gasteiger partial charge in [0.05, 0.1) is 12.1 Å². The molecule has 136 valence electrons. The molecule has 0 aromatic rings. The van der Waals surface area contributed by atoms with Gasteiger partial charge in [0.15, 0.2) is 0 Å². The summed E-state index contributed by atoms with van der Waals surface area (Å²) in [5.74, 6) is -0.457. The number of amides is 3. The monoisotopic (exact) mass is 364 g/mol. The zero-order chi connectivity index (χ0) is 17.3. The first-order valence-corrected chi connectivity index (χ1v) is 9.15. The number of carbonyl (C=O) groups is 2.